The van der Waals surface area contributed by atoms with E-state index in [1.807, 2.05) is 54.7 Å². The normalized spacial score (nSPS) is 10.3. The fourth-order valence-electron chi connectivity index (χ4n) is 2.61. The van der Waals surface area contributed by atoms with Gasteiger partial charge < -0.3 is 15.4 Å². The fraction of sp³-hybridized carbons (Fsp3) is 0.150. The van der Waals surface area contributed by atoms with Crippen molar-refractivity contribution in [1.82, 2.24) is 15.1 Å². The van der Waals surface area contributed by atoms with Crippen LogP contribution in [0.2, 0.25) is 0 Å². The maximum Gasteiger partial charge on any atom is 0.338 e. The summed E-state index contributed by atoms with van der Waals surface area (Å²) in [5.74, 6) is -0.359. The Bertz CT molecular complexity index is 924. The number of aromatic nitrogens is 2. The van der Waals surface area contributed by atoms with Crippen LogP contribution in [0.25, 0.3) is 0 Å². The monoisotopic (exact) mass is 380 g/mol. The van der Waals surface area contributed by atoms with Crippen LogP contribution in [0.5, 0.6) is 0 Å². The molecule has 0 aliphatic rings. The van der Waals surface area contributed by atoms with Gasteiger partial charge in [-0.15, -0.1) is 0 Å². The highest BCUT2D eigenvalue weighted by atomic mass is 32.1. The van der Waals surface area contributed by atoms with Gasteiger partial charge in [0, 0.05) is 12.7 Å². The Balaban J connectivity index is 1.59. The lowest BCUT2D eigenvalue weighted by Crippen LogP contribution is -2.27. The molecule has 0 atom stereocenters. The largest absolute Gasteiger partial charge is 0.465 e. The van der Waals surface area contributed by atoms with E-state index in [0.717, 1.165) is 16.8 Å². The third kappa shape index (κ3) is 5.15. The topological polar surface area (TPSA) is 68.2 Å². The molecule has 0 saturated carbocycles. The Kier molecular flexibility index (Phi) is 6.17. The highest BCUT2D eigenvalue weighted by Gasteiger charge is 2.11. The average Bonchev–Trinajstić information content (AvgIpc) is 3.13. The Labute approximate surface area is 163 Å². The zero-order valence-electron chi connectivity index (χ0n) is 14.9. The van der Waals surface area contributed by atoms with Crippen molar-refractivity contribution in [3.63, 3.8) is 0 Å². The molecule has 0 fully saturated rings. The summed E-state index contributed by atoms with van der Waals surface area (Å²) in [5, 5.41) is 11.1. The van der Waals surface area contributed by atoms with Gasteiger partial charge in [0.05, 0.1) is 31.1 Å². The van der Waals surface area contributed by atoms with Gasteiger partial charge in [0.15, 0.2) is 5.11 Å². The summed E-state index contributed by atoms with van der Waals surface area (Å²) in [7, 11) is 1.37. The van der Waals surface area contributed by atoms with E-state index in [1.165, 1.54) is 7.11 Å². The lowest BCUT2D eigenvalue weighted by molar-refractivity contribution is 0.0599. The third-order valence-corrected chi connectivity index (χ3v) is 4.19. The van der Waals surface area contributed by atoms with Crippen molar-refractivity contribution in [3.05, 3.63) is 83.7 Å². The lowest BCUT2D eigenvalue weighted by atomic mass is 10.1. The average molecular weight is 380 g/mol. The number of hydrogen-bond donors (Lipinski definition) is 2. The number of carbonyl (C=O) groups is 1. The molecule has 0 aliphatic heterocycles. The molecule has 0 radical (unpaired) electrons. The highest BCUT2D eigenvalue weighted by Crippen LogP contribution is 2.13. The number of rotatable bonds is 6. The van der Waals surface area contributed by atoms with Crippen LogP contribution in [0.1, 0.15) is 21.5 Å². The minimum absolute atomic E-state index is 0.359. The zero-order chi connectivity index (χ0) is 19.1. The predicted octanol–water partition coefficient (Wildman–Crippen LogP) is 3.20. The highest BCUT2D eigenvalue weighted by molar-refractivity contribution is 7.80. The van der Waals surface area contributed by atoms with Gasteiger partial charge in [0.2, 0.25) is 0 Å². The maximum absolute atomic E-state index is 11.9. The summed E-state index contributed by atoms with van der Waals surface area (Å²) in [5.41, 5.74) is 3.29. The van der Waals surface area contributed by atoms with Gasteiger partial charge in [-0.05, 0) is 29.4 Å². The molecule has 0 bridgehead atoms. The van der Waals surface area contributed by atoms with Crippen LogP contribution in [0.15, 0.2) is 67.0 Å². The molecule has 0 saturated heterocycles. The van der Waals surface area contributed by atoms with Gasteiger partial charge in [-0.25, -0.2) is 4.79 Å². The molecule has 3 rings (SSSR count). The standard InChI is InChI=1S/C20H20N4O2S/c1-26-19(25)18-10-6-5-9-16(18)13-24-14-17(12-22-24)23-20(27)21-11-15-7-3-2-4-8-15/h2-10,12,14H,11,13H2,1H3,(H2,21,23,27). The molecule has 0 spiro atoms. The van der Waals surface area contributed by atoms with Crippen molar-refractivity contribution >= 4 is 29.0 Å². The molecule has 6 nitrogen and oxygen atoms in total. The smallest absolute Gasteiger partial charge is 0.338 e. The Morgan fingerprint density at radius 2 is 1.89 bits per heavy atom. The van der Waals surface area contributed by atoms with E-state index >= 15 is 0 Å². The zero-order valence-corrected chi connectivity index (χ0v) is 15.7. The number of nitrogens with zero attached hydrogens (tertiary/aromatic N) is 2. The quantitative estimate of drug-likeness (QED) is 0.506. The van der Waals surface area contributed by atoms with Crippen molar-refractivity contribution in [2.45, 2.75) is 13.1 Å². The van der Waals surface area contributed by atoms with Crippen LogP contribution < -0.4 is 10.6 Å². The Morgan fingerprint density at radius 3 is 2.67 bits per heavy atom. The number of hydrogen-bond acceptors (Lipinski definition) is 4. The van der Waals surface area contributed by atoms with Gasteiger partial charge in [0.1, 0.15) is 0 Å². The number of esters is 1. The molecular weight excluding hydrogens is 360 g/mol. The van der Waals surface area contributed by atoms with Crippen LogP contribution in [-0.4, -0.2) is 28.0 Å². The summed E-state index contributed by atoms with van der Waals surface area (Å²) in [6.07, 6.45) is 3.53. The van der Waals surface area contributed by atoms with Crippen LogP contribution in [-0.2, 0) is 17.8 Å². The van der Waals surface area contributed by atoms with Crippen molar-refractivity contribution in [2.24, 2.45) is 0 Å². The first-order valence-corrected chi connectivity index (χ1v) is 8.84. The molecule has 0 unspecified atom stereocenters. The van der Waals surface area contributed by atoms with Gasteiger partial charge >= 0.3 is 5.97 Å². The van der Waals surface area contributed by atoms with Crippen molar-refractivity contribution < 1.29 is 9.53 Å². The number of nitrogens with one attached hydrogen (secondary N) is 2. The van der Waals surface area contributed by atoms with E-state index in [-0.39, 0.29) is 5.97 Å². The molecule has 2 N–H and O–H groups in total. The van der Waals surface area contributed by atoms with E-state index < -0.39 is 0 Å². The van der Waals surface area contributed by atoms with Crippen molar-refractivity contribution in [3.8, 4) is 0 Å². The molecule has 7 heteroatoms. The van der Waals surface area contributed by atoms with Crippen LogP contribution in [0, 0.1) is 0 Å². The number of anilines is 1. The summed E-state index contributed by atoms with van der Waals surface area (Å²) < 4.78 is 6.57. The van der Waals surface area contributed by atoms with Crippen molar-refractivity contribution in [1.29, 1.82) is 0 Å². The SMILES string of the molecule is COC(=O)c1ccccc1Cn1cc(NC(=S)NCc2ccccc2)cn1. The van der Waals surface area contributed by atoms with E-state index in [1.54, 1.807) is 16.9 Å². The van der Waals surface area contributed by atoms with Crippen LogP contribution in [0.3, 0.4) is 0 Å². The van der Waals surface area contributed by atoms with Gasteiger partial charge in [-0.1, -0.05) is 48.5 Å². The molecule has 1 heterocycles. The predicted molar refractivity (Wildman–Crippen MR) is 109 cm³/mol. The lowest BCUT2D eigenvalue weighted by Gasteiger charge is -2.09. The number of methoxy groups -OCH3 is 1. The molecule has 0 amide bonds. The summed E-state index contributed by atoms with van der Waals surface area (Å²) in [6.45, 7) is 1.10. The van der Waals surface area contributed by atoms with E-state index in [2.05, 4.69) is 15.7 Å². The summed E-state index contributed by atoms with van der Waals surface area (Å²) >= 11 is 5.32. The first kappa shape index (κ1) is 18.6. The van der Waals surface area contributed by atoms with E-state index in [9.17, 15) is 4.79 Å². The second-order valence-corrected chi connectivity index (χ2v) is 6.28. The molecule has 1 aromatic heterocycles. The molecule has 27 heavy (non-hydrogen) atoms. The molecule has 3 aromatic rings. The summed E-state index contributed by atoms with van der Waals surface area (Å²) in [6, 6.07) is 17.3. The number of ether oxygens (including phenoxy) is 1. The fourth-order valence-corrected chi connectivity index (χ4v) is 2.80. The third-order valence-electron chi connectivity index (χ3n) is 3.94. The minimum atomic E-state index is -0.359. The first-order chi connectivity index (χ1) is 13.2. The van der Waals surface area contributed by atoms with Crippen molar-refractivity contribution in [2.75, 3.05) is 12.4 Å². The molecule has 138 valence electrons. The van der Waals surface area contributed by atoms with E-state index in [4.69, 9.17) is 17.0 Å². The van der Waals surface area contributed by atoms with Crippen LogP contribution in [0.4, 0.5) is 5.69 Å². The number of benzene rings is 2. The Morgan fingerprint density at radius 1 is 1.15 bits per heavy atom. The maximum atomic E-state index is 11.9. The minimum Gasteiger partial charge on any atom is -0.465 e. The molecule has 0 aliphatic carbocycles. The van der Waals surface area contributed by atoms with Gasteiger partial charge in [-0.3, -0.25) is 4.68 Å². The van der Waals surface area contributed by atoms with Gasteiger partial charge in [0.25, 0.3) is 0 Å². The molecule has 2 aromatic carbocycles. The molecular formula is C20H20N4O2S. The summed E-state index contributed by atoms with van der Waals surface area (Å²) in [4.78, 5) is 11.9. The number of carbonyl (C=O) groups excluding carboxylic acids is 1. The second-order valence-electron chi connectivity index (χ2n) is 5.87. The van der Waals surface area contributed by atoms with E-state index in [0.29, 0.717) is 23.8 Å². The van der Waals surface area contributed by atoms with Gasteiger partial charge in [-0.2, -0.15) is 5.10 Å². The number of thiocarbonyl (C=S) groups is 1. The van der Waals surface area contributed by atoms with Crippen LogP contribution >= 0.6 is 12.2 Å². The first-order valence-electron chi connectivity index (χ1n) is 8.43. The Hall–Kier alpha value is -3.19. The second kappa shape index (κ2) is 8.95.